The minimum absolute atomic E-state index is 0.362. The Labute approximate surface area is 95.5 Å². The van der Waals surface area contributed by atoms with Crippen LogP contribution in [0.25, 0.3) is 0 Å². The first-order valence-corrected chi connectivity index (χ1v) is 6.57. The third kappa shape index (κ3) is 2.60. The Kier molecular flexibility index (Phi) is 3.78. The third-order valence-electron chi connectivity index (χ3n) is 3.41. The van der Waals surface area contributed by atoms with Gasteiger partial charge in [-0.1, -0.05) is 6.07 Å². The van der Waals surface area contributed by atoms with Crippen molar-refractivity contribution in [1.29, 1.82) is 0 Å². The molecule has 84 valence electrons. The molecule has 1 aromatic heterocycles. The lowest BCUT2D eigenvalue weighted by Crippen LogP contribution is -2.36. The zero-order valence-corrected chi connectivity index (χ0v) is 10.0. The molecule has 1 aromatic rings. The Hall–Kier alpha value is -0.380. The first-order valence-electron chi connectivity index (χ1n) is 5.69. The van der Waals surface area contributed by atoms with Gasteiger partial charge in [0, 0.05) is 17.5 Å². The molecule has 0 amide bonds. The van der Waals surface area contributed by atoms with E-state index < -0.39 is 0 Å². The molecule has 1 aliphatic heterocycles. The van der Waals surface area contributed by atoms with E-state index in [0.29, 0.717) is 18.6 Å². The number of aliphatic hydroxyl groups excluding tert-OH is 1. The second-order valence-corrected chi connectivity index (χ2v) is 5.33. The number of thiophene rings is 1. The van der Waals surface area contributed by atoms with Crippen LogP contribution in [0, 0.1) is 5.92 Å². The average Bonchev–Trinajstić information content (AvgIpc) is 2.82. The highest BCUT2D eigenvalue weighted by Crippen LogP contribution is 2.28. The van der Waals surface area contributed by atoms with E-state index in [0.717, 1.165) is 25.9 Å². The number of nitrogens with zero attached hydrogens (tertiary/aromatic N) is 1. The Morgan fingerprint density at radius 2 is 2.27 bits per heavy atom. The highest BCUT2D eigenvalue weighted by molar-refractivity contribution is 7.10. The smallest absolute Gasteiger partial charge is 0.0460 e. The summed E-state index contributed by atoms with van der Waals surface area (Å²) in [6, 6.07) is 4.88. The van der Waals surface area contributed by atoms with Crippen molar-refractivity contribution < 1.29 is 5.11 Å². The Bertz CT molecular complexity index is 278. The van der Waals surface area contributed by atoms with E-state index in [-0.39, 0.29) is 0 Å². The maximum absolute atomic E-state index is 9.08. The van der Waals surface area contributed by atoms with Gasteiger partial charge in [-0.3, -0.25) is 4.90 Å². The van der Waals surface area contributed by atoms with Crippen molar-refractivity contribution in [2.75, 3.05) is 19.7 Å². The van der Waals surface area contributed by atoms with Crippen LogP contribution in [0.1, 0.15) is 30.7 Å². The number of hydrogen-bond acceptors (Lipinski definition) is 3. The zero-order chi connectivity index (χ0) is 10.7. The van der Waals surface area contributed by atoms with Gasteiger partial charge in [0.25, 0.3) is 0 Å². The summed E-state index contributed by atoms with van der Waals surface area (Å²) in [5.74, 6) is 0.539. The molecular weight excluding hydrogens is 206 g/mol. The van der Waals surface area contributed by atoms with Gasteiger partial charge >= 0.3 is 0 Å². The fourth-order valence-corrected chi connectivity index (χ4v) is 3.05. The minimum atomic E-state index is 0.362. The Balaban J connectivity index is 1.90. The summed E-state index contributed by atoms with van der Waals surface area (Å²) in [5.41, 5.74) is 0. The number of rotatable bonds is 3. The SMILES string of the molecule is C[C@H](c1cccs1)N1CCC(CO)CC1. The molecule has 0 spiro atoms. The van der Waals surface area contributed by atoms with Crippen molar-refractivity contribution in [2.24, 2.45) is 5.92 Å². The fourth-order valence-electron chi connectivity index (χ4n) is 2.23. The molecule has 0 saturated carbocycles. The molecular formula is C12H19NOS. The van der Waals surface area contributed by atoms with Gasteiger partial charge in [0.2, 0.25) is 0 Å². The van der Waals surface area contributed by atoms with Crippen LogP contribution in [0.4, 0.5) is 0 Å². The van der Waals surface area contributed by atoms with Gasteiger partial charge in [-0.25, -0.2) is 0 Å². The van der Waals surface area contributed by atoms with Crippen LogP contribution in [0.2, 0.25) is 0 Å². The third-order valence-corrected chi connectivity index (χ3v) is 4.45. The standard InChI is InChI=1S/C12H19NOS/c1-10(12-3-2-8-15-12)13-6-4-11(9-14)5-7-13/h2-3,8,10-11,14H,4-7,9H2,1H3/t10-/m1/s1. The molecule has 0 unspecified atom stereocenters. The number of piperidine rings is 1. The minimum Gasteiger partial charge on any atom is -0.396 e. The van der Waals surface area contributed by atoms with Crippen molar-refractivity contribution in [3.63, 3.8) is 0 Å². The van der Waals surface area contributed by atoms with Crippen LogP contribution in [-0.4, -0.2) is 29.7 Å². The molecule has 1 N–H and O–H groups in total. The van der Waals surface area contributed by atoms with Gasteiger partial charge in [0.05, 0.1) is 0 Å². The predicted molar refractivity (Wildman–Crippen MR) is 64.1 cm³/mol. The van der Waals surface area contributed by atoms with Crippen LogP contribution in [0.5, 0.6) is 0 Å². The summed E-state index contributed by atoms with van der Waals surface area (Å²) in [4.78, 5) is 3.98. The lowest BCUT2D eigenvalue weighted by molar-refractivity contribution is 0.107. The van der Waals surface area contributed by atoms with Gasteiger partial charge < -0.3 is 5.11 Å². The van der Waals surface area contributed by atoms with E-state index in [1.807, 2.05) is 11.3 Å². The summed E-state index contributed by atoms with van der Waals surface area (Å²) in [7, 11) is 0. The van der Waals surface area contributed by atoms with Gasteiger partial charge in [-0.05, 0) is 50.2 Å². The maximum atomic E-state index is 9.08. The summed E-state index contributed by atoms with van der Waals surface area (Å²) in [6.07, 6.45) is 2.29. The Morgan fingerprint density at radius 1 is 1.53 bits per heavy atom. The van der Waals surface area contributed by atoms with Gasteiger partial charge in [0.15, 0.2) is 0 Å². The summed E-state index contributed by atoms with van der Waals surface area (Å²) >= 11 is 1.84. The summed E-state index contributed by atoms with van der Waals surface area (Å²) in [5, 5.41) is 11.2. The van der Waals surface area contributed by atoms with Crippen molar-refractivity contribution >= 4 is 11.3 Å². The van der Waals surface area contributed by atoms with Gasteiger partial charge in [-0.15, -0.1) is 11.3 Å². The van der Waals surface area contributed by atoms with Crippen LogP contribution in [-0.2, 0) is 0 Å². The molecule has 1 saturated heterocycles. The first-order chi connectivity index (χ1) is 7.31. The fraction of sp³-hybridized carbons (Fsp3) is 0.667. The second-order valence-electron chi connectivity index (χ2n) is 4.35. The largest absolute Gasteiger partial charge is 0.396 e. The van der Waals surface area contributed by atoms with Crippen LogP contribution in [0.3, 0.4) is 0 Å². The topological polar surface area (TPSA) is 23.5 Å². The molecule has 1 atom stereocenters. The summed E-state index contributed by atoms with van der Waals surface area (Å²) < 4.78 is 0. The lowest BCUT2D eigenvalue weighted by Gasteiger charge is -2.35. The molecule has 3 heteroatoms. The quantitative estimate of drug-likeness (QED) is 0.854. The van der Waals surface area contributed by atoms with E-state index >= 15 is 0 Å². The maximum Gasteiger partial charge on any atom is 0.0460 e. The average molecular weight is 225 g/mol. The highest BCUT2D eigenvalue weighted by Gasteiger charge is 2.23. The molecule has 0 aliphatic carbocycles. The second kappa shape index (κ2) is 5.10. The molecule has 2 heterocycles. The summed E-state index contributed by atoms with van der Waals surface area (Å²) in [6.45, 7) is 4.90. The molecule has 1 aliphatic rings. The van der Waals surface area contributed by atoms with Crippen molar-refractivity contribution in [1.82, 2.24) is 4.90 Å². The lowest BCUT2D eigenvalue weighted by atomic mass is 9.97. The number of aliphatic hydroxyl groups is 1. The molecule has 2 rings (SSSR count). The number of hydrogen-bond donors (Lipinski definition) is 1. The normalized spacial score (nSPS) is 21.7. The van der Waals surface area contributed by atoms with Gasteiger partial charge in [0.1, 0.15) is 0 Å². The predicted octanol–water partition coefficient (Wildman–Crippen LogP) is 2.51. The van der Waals surface area contributed by atoms with E-state index in [2.05, 4.69) is 29.3 Å². The molecule has 15 heavy (non-hydrogen) atoms. The van der Waals surface area contributed by atoms with E-state index in [4.69, 9.17) is 5.11 Å². The number of likely N-dealkylation sites (tertiary alicyclic amines) is 1. The highest BCUT2D eigenvalue weighted by atomic mass is 32.1. The van der Waals surface area contributed by atoms with Crippen molar-refractivity contribution in [2.45, 2.75) is 25.8 Å². The van der Waals surface area contributed by atoms with E-state index in [1.165, 1.54) is 4.88 Å². The molecule has 0 bridgehead atoms. The van der Waals surface area contributed by atoms with Gasteiger partial charge in [-0.2, -0.15) is 0 Å². The van der Waals surface area contributed by atoms with Crippen molar-refractivity contribution in [3.05, 3.63) is 22.4 Å². The van der Waals surface area contributed by atoms with E-state index in [9.17, 15) is 0 Å². The van der Waals surface area contributed by atoms with Crippen molar-refractivity contribution in [3.8, 4) is 0 Å². The molecule has 0 radical (unpaired) electrons. The molecule has 1 fully saturated rings. The molecule has 2 nitrogen and oxygen atoms in total. The van der Waals surface area contributed by atoms with E-state index in [1.54, 1.807) is 0 Å². The van der Waals surface area contributed by atoms with Crippen LogP contribution in [0.15, 0.2) is 17.5 Å². The first kappa shape index (κ1) is 11.1. The van der Waals surface area contributed by atoms with Crippen LogP contribution >= 0.6 is 11.3 Å². The van der Waals surface area contributed by atoms with Crippen LogP contribution < -0.4 is 0 Å². The zero-order valence-electron chi connectivity index (χ0n) is 9.22. The molecule has 0 aromatic carbocycles. The Morgan fingerprint density at radius 3 is 2.80 bits per heavy atom. The monoisotopic (exact) mass is 225 g/mol.